The van der Waals surface area contributed by atoms with Crippen molar-refractivity contribution in [3.05, 3.63) is 0 Å². The molecule has 1 unspecified atom stereocenters. The molecule has 0 rings (SSSR count). The molecule has 1 atom stereocenters. The molecule has 0 saturated heterocycles. The molecule has 0 aliphatic heterocycles. The molecule has 0 bridgehead atoms. The van der Waals surface area contributed by atoms with E-state index in [2.05, 4.69) is 34.6 Å². The number of hydrogen-bond donors (Lipinski definition) is 0. The van der Waals surface area contributed by atoms with Gasteiger partial charge in [0.15, 0.2) is 0 Å². The topological polar surface area (TPSA) is 0 Å². The highest BCUT2D eigenvalue weighted by Gasteiger charge is 2.30. The third-order valence-electron chi connectivity index (χ3n) is 3.24. The second-order valence-corrected chi connectivity index (χ2v) is 4.34. The van der Waals surface area contributed by atoms with Crippen molar-refractivity contribution < 1.29 is 0 Å². The molecular formula is C9H18B2. The molecule has 0 aromatic rings. The summed E-state index contributed by atoms with van der Waals surface area (Å²) in [5.41, 5.74) is 0.0288. The monoisotopic (exact) mass is 148 g/mol. The van der Waals surface area contributed by atoms with E-state index in [0.717, 1.165) is 0 Å². The Balaban J connectivity index is 4.29. The van der Waals surface area contributed by atoms with E-state index in [1.807, 2.05) is 0 Å². The maximum atomic E-state index is 5.64. The van der Waals surface area contributed by atoms with Gasteiger partial charge in [0, 0.05) is 0 Å². The van der Waals surface area contributed by atoms with Gasteiger partial charge in [-0.15, -0.1) is 5.72 Å². The van der Waals surface area contributed by atoms with Gasteiger partial charge in [0.05, 0.1) is 15.7 Å². The van der Waals surface area contributed by atoms with Crippen LogP contribution in [0, 0.1) is 17.3 Å². The van der Waals surface area contributed by atoms with E-state index in [-0.39, 0.29) is 11.1 Å². The average molecular weight is 148 g/mol. The molecule has 2 heteroatoms. The van der Waals surface area contributed by atoms with E-state index >= 15 is 0 Å². The first kappa shape index (κ1) is 11.1. The summed E-state index contributed by atoms with van der Waals surface area (Å²) in [4.78, 5) is 0. The molecule has 0 aromatic heterocycles. The fourth-order valence-electron chi connectivity index (χ4n) is 1.02. The van der Waals surface area contributed by atoms with Crippen LogP contribution in [0.2, 0.25) is 5.72 Å². The Kier molecular flexibility index (Phi) is 3.73. The highest BCUT2D eigenvalue weighted by atomic mass is 14.3. The highest BCUT2D eigenvalue weighted by molar-refractivity contribution is 6.35. The van der Waals surface area contributed by atoms with Gasteiger partial charge >= 0.3 is 0 Å². The van der Waals surface area contributed by atoms with Crippen molar-refractivity contribution in [2.75, 3.05) is 0 Å². The van der Waals surface area contributed by atoms with Crippen LogP contribution in [0.4, 0.5) is 0 Å². The maximum absolute atomic E-state index is 5.64. The Morgan fingerprint density at radius 1 is 1.00 bits per heavy atom. The molecule has 4 radical (unpaired) electrons. The van der Waals surface area contributed by atoms with E-state index in [0.29, 0.717) is 11.8 Å². The summed E-state index contributed by atoms with van der Waals surface area (Å²) in [6.07, 6.45) is 0. The summed E-state index contributed by atoms with van der Waals surface area (Å²) in [5.74, 6) is 0.981. The second-order valence-electron chi connectivity index (χ2n) is 4.34. The Morgan fingerprint density at radius 3 is 1.45 bits per heavy atom. The molecule has 0 spiro atoms. The molecular weight excluding hydrogens is 130 g/mol. The zero-order valence-electron chi connectivity index (χ0n) is 8.39. The molecule has 0 amide bonds. The van der Waals surface area contributed by atoms with Gasteiger partial charge in [0.1, 0.15) is 0 Å². The predicted octanol–water partition coefficient (Wildman–Crippen LogP) is 2.39. The van der Waals surface area contributed by atoms with Crippen LogP contribution in [0.15, 0.2) is 0 Å². The van der Waals surface area contributed by atoms with Gasteiger partial charge in [-0.05, 0) is 11.3 Å². The summed E-state index contributed by atoms with van der Waals surface area (Å²) >= 11 is 0. The van der Waals surface area contributed by atoms with E-state index in [1.165, 1.54) is 0 Å². The third-order valence-corrected chi connectivity index (χ3v) is 3.24. The van der Waals surface area contributed by atoms with Gasteiger partial charge in [-0.3, -0.25) is 0 Å². The summed E-state index contributed by atoms with van der Waals surface area (Å²) in [6.45, 7) is 11.0. The Morgan fingerprint density at radius 2 is 1.36 bits per heavy atom. The Hall–Kier alpha value is 0.130. The van der Waals surface area contributed by atoms with E-state index in [1.54, 1.807) is 0 Å². The SMILES string of the molecule is [B]C([B])C(C)C(C)(C)C(C)C. The standard InChI is InChI=1S/C9H18B2/c1-6(2)9(4,5)7(3)8(10)11/h6-8H,1-5H3. The smallest absolute Gasteiger partial charge is 0.0579 e. The Labute approximate surface area is 74.0 Å². The fourth-order valence-corrected chi connectivity index (χ4v) is 1.02. The van der Waals surface area contributed by atoms with Gasteiger partial charge in [0.25, 0.3) is 0 Å². The third kappa shape index (κ3) is 2.57. The van der Waals surface area contributed by atoms with Crippen molar-refractivity contribution in [2.24, 2.45) is 17.3 Å². The first-order valence-electron chi connectivity index (χ1n) is 4.31. The molecule has 11 heavy (non-hydrogen) atoms. The Bertz CT molecular complexity index is 117. The summed E-state index contributed by atoms with van der Waals surface area (Å²) in [6, 6.07) is 0. The van der Waals surface area contributed by atoms with Gasteiger partial charge in [0.2, 0.25) is 0 Å². The van der Waals surface area contributed by atoms with E-state index in [9.17, 15) is 0 Å². The van der Waals surface area contributed by atoms with Crippen molar-refractivity contribution in [3.63, 3.8) is 0 Å². The number of rotatable bonds is 3. The van der Waals surface area contributed by atoms with Crippen LogP contribution in [-0.4, -0.2) is 15.7 Å². The fraction of sp³-hybridized carbons (Fsp3) is 1.00. The van der Waals surface area contributed by atoms with Gasteiger partial charge in [-0.2, -0.15) is 0 Å². The van der Waals surface area contributed by atoms with Crippen molar-refractivity contribution >= 4 is 15.7 Å². The second kappa shape index (κ2) is 3.69. The minimum Gasteiger partial charge on any atom is -0.107 e. The molecule has 0 nitrogen and oxygen atoms in total. The summed E-state index contributed by atoms with van der Waals surface area (Å²) in [5, 5.41) is 0. The quantitative estimate of drug-likeness (QED) is 0.538. The summed E-state index contributed by atoms with van der Waals surface area (Å²) < 4.78 is 0. The van der Waals surface area contributed by atoms with Gasteiger partial charge < -0.3 is 0 Å². The lowest BCUT2D eigenvalue weighted by molar-refractivity contribution is 0.159. The lowest BCUT2D eigenvalue weighted by atomic mass is 9.54. The minimum atomic E-state index is -0.201. The molecule has 0 aromatic carbocycles. The number of hydrogen-bond acceptors (Lipinski definition) is 0. The van der Waals surface area contributed by atoms with Crippen LogP contribution in [0.1, 0.15) is 34.6 Å². The van der Waals surface area contributed by atoms with Gasteiger partial charge in [-0.25, -0.2) is 0 Å². The van der Waals surface area contributed by atoms with Crippen molar-refractivity contribution in [1.29, 1.82) is 0 Å². The molecule has 0 aliphatic rings. The van der Waals surface area contributed by atoms with Crippen LogP contribution in [0.5, 0.6) is 0 Å². The highest BCUT2D eigenvalue weighted by Crippen LogP contribution is 2.38. The van der Waals surface area contributed by atoms with Crippen molar-refractivity contribution in [2.45, 2.75) is 40.3 Å². The molecule has 0 saturated carbocycles. The van der Waals surface area contributed by atoms with E-state index < -0.39 is 0 Å². The van der Waals surface area contributed by atoms with Crippen LogP contribution in [0.3, 0.4) is 0 Å². The normalized spacial score (nSPS) is 15.9. The predicted molar refractivity (Wildman–Crippen MR) is 53.0 cm³/mol. The van der Waals surface area contributed by atoms with Crippen molar-refractivity contribution in [1.82, 2.24) is 0 Å². The van der Waals surface area contributed by atoms with Crippen LogP contribution in [0.25, 0.3) is 0 Å². The molecule has 60 valence electrons. The average Bonchev–Trinajstić information content (AvgIpc) is 1.85. The summed E-state index contributed by atoms with van der Waals surface area (Å²) in [7, 11) is 11.3. The molecule has 0 N–H and O–H groups in total. The first-order valence-corrected chi connectivity index (χ1v) is 4.31. The van der Waals surface area contributed by atoms with Crippen LogP contribution >= 0.6 is 0 Å². The lowest BCUT2D eigenvalue weighted by Crippen LogP contribution is -2.30. The molecule has 0 aliphatic carbocycles. The van der Waals surface area contributed by atoms with Crippen LogP contribution in [-0.2, 0) is 0 Å². The van der Waals surface area contributed by atoms with E-state index in [4.69, 9.17) is 15.7 Å². The zero-order chi connectivity index (χ0) is 9.23. The lowest BCUT2D eigenvalue weighted by Gasteiger charge is -2.38. The zero-order valence-corrected chi connectivity index (χ0v) is 8.39. The first-order chi connectivity index (χ1) is 4.80. The minimum absolute atomic E-state index is 0.201. The van der Waals surface area contributed by atoms with Crippen LogP contribution < -0.4 is 0 Å². The largest absolute Gasteiger partial charge is 0.107 e. The van der Waals surface area contributed by atoms with Gasteiger partial charge in [-0.1, -0.05) is 40.5 Å². The van der Waals surface area contributed by atoms with Crippen molar-refractivity contribution in [3.8, 4) is 0 Å². The maximum Gasteiger partial charge on any atom is 0.0579 e. The molecule has 0 heterocycles. The molecule has 0 fully saturated rings.